The summed E-state index contributed by atoms with van der Waals surface area (Å²) >= 11 is 0. The lowest BCUT2D eigenvalue weighted by molar-refractivity contribution is -0.171. The van der Waals surface area contributed by atoms with Crippen molar-refractivity contribution in [1.82, 2.24) is 9.80 Å². The third-order valence-corrected chi connectivity index (χ3v) is 7.62. The van der Waals surface area contributed by atoms with Crippen LogP contribution in [0.15, 0.2) is 24.3 Å². The largest absolute Gasteiger partial charge is 0.497 e. The summed E-state index contributed by atoms with van der Waals surface area (Å²) in [6, 6.07) is 7.60. The number of carbonyl (C=O) groups excluding carboxylic acids is 3. The van der Waals surface area contributed by atoms with Crippen molar-refractivity contribution in [2.75, 3.05) is 27.3 Å². The van der Waals surface area contributed by atoms with Gasteiger partial charge in [0, 0.05) is 38.1 Å². The van der Waals surface area contributed by atoms with Gasteiger partial charge in [-0.25, -0.2) is 0 Å². The van der Waals surface area contributed by atoms with Crippen LogP contribution in [0.3, 0.4) is 0 Å². The molecule has 0 aromatic heterocycles. The lowest BCUT2D eigenvalue weighted by atomic mass is 9.69. The van der Waals surface area contributed by atoms with Crippen molar-refractivity contribution in [3.63, 3.8) is 0 Å². The Bertz CT molecular complexity index is 887. The Kier molecular flexibility index (Phi) is 6.56. The van der Waals surface area contributed by atoms with E-state index >= 15 is 0 Å². The molecule has 3 fully saturated rings. The molecule has 0 N–H and O–H groups in total. The van der Waals surface area contributed by atoms with E-state index in [0.29, 0.717) is 32.0 Å². The van der Waals surface area contributed by atoms with Gasteiger partial charge in [0.1, 0.15) is 5.75 Å². The van der Waals surface area contributed by atoms with Gasteiger partial charge in [-0.05, 0) is 49.3 Å². The number of Topliss-reactive ketones (excluding diaryl/α,β-unsaturated/α-hetero) is 1. The van der Waals surface area contributed by atoms with Crippen LogP contribution < -0.4 is 4.74 Å². The number of ketones is 1. The van der Waals surface area contributed by atoms with Crippen LogP contribution in [-0.2, 0) is 25.7 Å². The van der Waals surface area contributed by atoms with Gasteiger partial charge < -0.3 is 14.4 Å². The van der Waals surface area contributed by atoms with Gasteiger partial charge in [-0.1, -0.05) is 19.1 Å². The summed E-state index contributed by atoms with van der Waals surface area (Å²) in [4.78, 5) is 44.1. The highest BCUT2D eigenvalue weighted by Crippen LogP contribution is 2.48. The highest BCUT2D eigenvalue weighted by atomic mass is 16.5. The van der Waals surface area contributed by atoms with Crippen LogP contribution in [0.5, 0.6) is 5.75 Å². The van der Waals surface area contributed by atoms with Crippen molar-refractivity contribution >= 4 is 17.7 Å². The zero-order chi connectivity index (χ0) is 22.9. The summed E-state index contributed by atoms with van der Waals surface area (Å²) in [6.45, 7) is 4.12. The molecule has 0 saturated carbocycles. The predicted octanol–water partition coefficient (Wildman–Crippen LogP) is 2.81. The predicted molar refractivity (Wildman–Crippen MR) is 119 cm³/mol. The Morgan fingerprint density at radius 3 is 2.72 bits per heavy atom. The number of nitrogens with zero attached hydrogens (tertiary/aromatic N) is 2. The maximum absolute atomic E-state index is 13.4. The fraction of sp³-hybridized carbons (Fsp3) is 0.640. The van der Waals surface area contributed by atoms with Crippen molar-refractivity contribution in [3.8, 4) is 5.75 Å². The first-order valence-electron chi connectivity index (χ1n) is 11.7. The van der Waals surface area contributed by atoms with Crippen LogP contribution in [0.25, 0.3) is 0 Å². The Balaban J connectivity index is 1.63. The number of hydrogen-bond donors (Lipinski definition) is 0. The quantitative estimate of drug-likeness (QED) is 0.498. The molecule has 3 aliphatic rings. The first-order valence-corrected chi connectivity index (χ1v) is 11.7. The Labute approximate surface area is 190 Å². The summed E-state index contributed by atoms with van der Waals surface area (Å²) in [5, 5.41) is 0. The minimum Gasteiger partial charge on any atom is -0.497 e. The summed E-state index contributed by atoms with van der Waals surface area (Å²) < 4.78 is 10.5. The number of fused-ring (bicyclic) bond motifs is 2. The zero-order valence-electron chi connectivity index (χ0n) is 19.3. The van der Waals surface area contributed by atoms with Crippen molar-refractivity contribution in [1.29, 1.82) is 0 Å². The maximum atomic E-state index is 13.4. The van der Waals surface area contributed by atoms with Gasteiger partial charge in [0.15, 0.2) is 11.2 Å². The second-order valence-electron chi connectivity index (χ2n) is 9.62. The average Bonchev–Trinajstić information content (AvgIpc) is 3.11. The number of rotatable bonds is 6. The van der Waals surface area contributed by atoms with E-state index in [4.69, 9.17) is 9.47 Å². The molecule has 1 aromatic rings. The highest BCUT2D eigenvalue weighted by molar-refractivity contribution is 6.08. The fourth-order valence-corrected chi connectivity index (χ4v) is 5.97. The minimum absolute atomic E-state index is 0.0848. The van der Waals surface area contributed by atoms with Crippen LogP contribution in [0, 0.1) is 11.3 Å². The van der Waals surface area contributed by atoms with Crippen molar-refractivity contribution in [2.24, 2.45) is 11.3 Å². The molecule has 3 heterocycles. The molecule has 7 heteroatoms. The number of ether oxygens (including phenoxy) is 2. The van der Waals surface area contributed by atoms with Crippen LogP contribution in [0.1, 0.15) is 51.0 Å². The molecule has 0 radical (unpaired) electrons. The minimum atomic E-state index is -1.43. The van der Waals surface area contributed by atoms with E-state index in [9.17, 15) is 14.4 Å². The zero-order valence-corrected chi connectivity index (χ0v) is 19.3. The molecule has 0 unspecified atom stereocenters. The smallest absolute Gasteiger partial charge is 0.321 e. The number of esters is 1. The molecule has 32 heavy (non-hydrogen) atoms. The third kappa shape index (κ3) is 4.03. The summed E-state index contributed by atoms with van der Waals surface area (Å²) in [6.07, 6.45) is 3.78. The van der Waals surface area contributed by atoms with E-state index in [-0.39, 0.29) is 36.6 Å². The number of methoxy groups -OCH3 is 2. The number of piperidine rings is 2. The second-order valence-corrected chi connectivity index (χ2v) is 9.62. The van der Waals surface area contributed by atoms with E-state index in [2.05, 4.69) is 11.8 Å². The van der Waals surface area contributed by atoms with Gasteiger partial charge in [0.05, 0.1) is 20.6 Å². The topological polar surface area (TPSA) is 76.2 Å². The van der Waals surface area contributed by atoms with Gasteiger partial charge in [0.2, 0.25) is 5.91 Å². The number of carbonyl (C=O) groups is 3. The lowest BCUT2D eigenvalue weighted by Gasteiger charge is -2.46. The molecule has 3 saturated heterocycles. The first-order chi connectivity index (χ1) is 15.4. The van der Waals surface area contributed by atoms with Gasteiger partial charge in [-0.3, -0.25) is 19.3 Å². The molecule has 3 aliphatic heterocycles. The van der Waals surface area contributed by atoms with Crippen LogP contribution in [-0.4, -0.2) is 66.9 Å². The van der Waals surface area contributed by atoms with Crippen molar-refractivity contribution < 1.29 is 23.9 Å². The normalized spacial score (nSPS) is 30.3. The number of amides is 1. The van der Waals surface area contributed by atoms with E-state index in [1.54, 1.807) is 7.11 Å². The Morgan fingerprint density at radius 2 is 2.00 bits per heavy atom. The SMILES string of the molecule is COC(=O)[C@@]1(CC(=O)N2CCC[C@H](C)C2)C(=O)C[C@H]2CC[C@@H]1N2Cc1cccc(OC)c1. The fourth-order valence-electron chi connectivity index (χ4n) is 5.97. The van der Waals surface area contributed by atoms with E-state index < -0.39 is 11.4 Å². The third-order valence-electron chi connectivity index (χ3n) is 7.62. The maximum Gasteiger partial charge on any atom is 0.321 e. The second kappa shape index (κ2) is 9.22. The van der Waals surface area contributed by atoms with Gasteiger partial charge in [-0.15, -0.1) is 0 Å². The number of likely N-dealkylation sites (tertiary alicyclic amines) is 1. The molecule has 2 bridgehead atoms. The molecule has 4 rings (SSSR count). The molecule has 1 aromatic carbocycles. The molecular formula is C25H34N2O5. The van der Waals surface area contributed by atoms with Crippen molar-refractivity contribution in [3.05, 3.63) is 29.8 Å². The molecular weight excluding hydrogens is 408 g/mol. The van der Waals surface area contributed by atoms with Crippen LogP contribution >= 0.6 is 0 Å². The summed E-state index contributed by atoms with van der Waals surface area (Å²) in [5.74, 6) is 0.391. The molecule has 7 nitrogen and oxygen atoms in total. The number of hydrogen-bond acceptors (Lipinski definition) is 6. The Hall–Kier alpha value is -2.41. The summed E-state index contributed by atoms with van der Waals surface area (Å²) in [5.41, 5.74) is -0.371. The highest BCUT2D eigenvalue weighted by Gasteiger charge is 2.62. The van der Waals surface area contributed by atoms with Crippen LogP contribution in [0.2, 0.25) is 0 Å². The Morgan fingerprint density at radius 1 is 1.19 bits per heavy atom. The molecule has 0 spiro atoms. The van der Waals surface area contributed by atoms with E-state index in [1.165, 1.54) is 7.11 Å². The first kappa shape index (κ1) is 22.8. The molecule has 1 amide bonds. The van der Waals surface area contributed by atoms with E-state index in [0.717, 1.165) is 30.6 Å². The van der Waals surface area contributed by atoms with Gasteiger partial charge >= 0.3 is 5.97 Å². The molecule has 0 aliphatic carbocycles. The standard InChI is InChI=1S/C25H34N2O5/c1-17-6-5-11-26(15-17)23(29)14-25(24(30)32-3)21-10-9-19(13-22(25)28)27(21)16-18-7-4-8-20(12-18)31-2/h4,7-8,12,17,19,21H,5-6,9-11,13-16H2,1-3H3/t17-,19+,21-,25+/m0/s1. The van der Waals surface area contributed by atoms with Crippen LogP contribution in [0.4, 0.5) is 0 Å². The van der Waals surface area contributed by atoms with E-state index in [1.807, 2.05) is 29.2 Å². The molecule has 4 atom stereocenters. The lowest BCUT2D eigenvalue weighted by Crippen LogP contribution is -2.61. The summed E-state index contributed by atoms with van der Waals surface area (Å²) in [7, 11) is 2.95. The van der Waals surface area contributed by atoms with Crippen molar-refractivity contribution in [2.45, 2.75) is 64.1 Å². The molecule has 174 valence electrons. The number of benzene rings is 1. The van der Waals surface area contributed by atoms with Gasteiger partial charge in [0.25, 0.3) is 0 Å². The average molecular weight is 443 g/mol. The monoisotopic (exact) mass is 442 g/mol. The van der Waals surface area contributed by atoms with Gasteiger partial charge in [-0.2, -0.15) is 0 Å².